The molecule has 0 bridgehead atoms. The molecule has 8 heteroatoms. The monoisotopic (exact) mass is 549 g/mol. The molecule has 0 radical (unpaired) electrons. The van der Waals surface area contributed by atoms with Crippen LogP contribution in [0.5, 0.6) is 0 Å². The van der Waals surface area contributed by atoms with Gasteiger partial charge in [0.2, 0.25) is 0 Å². The van der Waals surface area contributed by atoms with E-state index >= 15 is 0 Å². The third kappa shape index (κ3) is 6.01. The number of amides is 1. The molecule has 0 aliphatic carbocycles. The van der Waals surface area contributed by atoms with Crippen LogP contribution in [-0.2, 0) is 24.2 Å². The second-order valence-corrected chi connectivity index (χ2v) is 9.43. The zero-order chi connectivity index (χ0) is 25.5. The number of hydrogen-bond donors (Lipinski definition) is 1. The highest BCUT2D eigenvalue weighted by Gasteiger charge is 2.14. The maximum absolute atomic E-state index is 13.5. The van der Waals surface area contributed by atoms with Crippen molar-refractivity contribution in [2.45, 2.75) is 25.9 Å². The first-order valence-corrected chi connectivity index (χ1v) is 12.6. The van der Waals surface area contributed by atoms with Crippen molar-refractivity contribution in [1.82, 2.24) is 14.5 Å². The number of rotatable bonds is 10. The number of ether oxygens (including phenoxy) is 1. The summed E-state index contributed by atoms with van der Waals surface area (Å²) in [6, 6.07) is 22.1. The normalized spacial score (nSPS) is 11.1. The predicted molar refractivity (Wildman–Crippen MR) is 145 cm³/mol. The summed E-state index contributed by atoms with van der Waals surface area (Å²) in [5, 5.41) is 3.35. The van der Waals surface area contributed by atoms with E-state index in [-0.39, 0.29) is 23.7 Å². The van der Waals surface area contributed by atoms with E-state index in [2.05, 4.69) is 21.2 Å². The van der Waals surface area contributed by atoms with Crippen LogP contribution in [0, 0.1) is 0 Å². The fourth-order valence-corrected chi connectivity index (χ4v) is 4.35. The molecule has 0 aliphatic heterocycles. The first-order valence-electron chi connectivity index (χ1n) is 11.8. The Morgan fingerprint density at radius 3 is 2.33 bits per heavy atom. The molecule has 186 valence electrons. The second-order valence-electron chi connectivity index (χ2n) is 8.52. The van der Waals surface area contributed by atoms with Gasteiger partial charge in [-0.05, 0) is 60.4 Å². The topological polar surface area (TPSA) is 82.3 Å². The van der Waals surface area contributed by atoms with Gasteiger partial charge in [-0.15, -0.1) is 0 Å². The molecule has 1 aromatic heterocycles. The number of carbonyl (C=O) groups is 1. The highest BCUT2D eigenvalue weighted by Crippen LogP contribution is 2.13. The minimum atomic E-state index is -0.351. The number of halogens is 1. The van der Waals surface area contributed by atoms with Crippen molar-refractivity contribution in [3.63, 3.8) is 0 Å². The summed E-state index contributed by atoms with van der Waals surface area (Å²) >= 11 is 3.44. The van der Waals surface area contributed by atoms with E-state index in [1.54, 1.807) is 48.1 Å². The lowest BCUT2D eigenvalue weighted by molar-refractivity contribution is 0.0948. The zero-order valence-electron chi connectivity index (χ0n) is 20.1. The molecule has 3 aromatic carbocycles. The Morgan fingerprint density at radius 1 is 0.917 bits per heavy atom. The van der Waals surface area contributed by atoms with Crippen LogP contribution in [0.2, 0.25) is 0 Å². The van der Waals surface area contributed by atoms with Crippen molar-refractivity contribution in [2.75, 3.05) is 20.3 Å². The van der Waals surface area contributed by atoms with Gasteiger partial charge in [0.1, 0.15) is 0 Å². The minimum absolute atomic E-state index is 0.122. The van der Waals surface area contributed by atoms with Crippen LogP contribution in [0.15, 0.2) is 86.9 Å². The van der Waals surface area contributed by atoms with E-state index in [0.29, 0.717) is 42.6 Å². The molecule has 0 spiro atoms. The standard InChI is InChI=1S/C28H28BrN3O4/c1-36-18-4-16-30-26(33)22-11-7-21(8-12-22)19-32-27(34)24-5-2-3-6-25(24)31(28(32)35)17-15-20-9-13-23(29)14-10-20/h2-3,5-14H,4,15-19H2,1H3,(H,30,33). The molecule has 0 atom stereocenters. The van der Waals surface area contributed by atoms with Crippen molar-refractivity contribution in [2.24, 2.45) is 0 Å². The Balaban J connectivity index is 1.59. The number of carbonyl (C=O) groups excluding carboxylic acids is 1. The Morgan fingerprint density at radius 2 is 1.61 bits per heavy atom. The fourth-order valence-electron chi connectivity index (χ4n) is 4.08. The first kappa shape index (κ1) is 25.6. The number of aromatic nitrogens is 2. The van der Waals surface area contributed by atoms with Gasteiger partial charge in [0.25, 0.3) is 11.5 Å². The molecule has 0 fully saturated rings. The fraction of sp³-hybridized carbons (Fsp3) is 0.250. The smallest absolute Gasteiger partial charge is 0.331 e. The average Bonchev–Trinajstić information content (AvgIpc) is 2.90. The van der Waals surface area contributed by atoms with Crippen molar-refractivity contribution >= 4 is 32.7 Å². The Bertz CT molecular complexity index is 1460. The Labute approximate surface area is 217 Å². The number of hydrogen-bond acceptors (Lipinski definition) is 4. The van der Waals surface area contributed by atoms with E-state index < -0.39 is 0 Å². The highest BCUT2D eigenvalue weighted by molar-refractivity contribution is 9.10. The summed E-state index contributed by atoms with van der Waals surface area (Å²) in [6.45, 7) is 1.68. The second kappa shape index (κ2) is 12.0. The number of para-hydroxylation sites is 1. The van der Waals surface area contributed by atoms with Gasteiger partial charge in [-0.1, -0.05) is 52.3 Å². The van der Waals surface area contributed by atoms with E-state index in [4.69, 9.17) is 4.74 Å². The number of benzene rings is 3. The number of methoxy groups -OCH3 is 1. The molecule has 0 unspecified atom stereocenters. The molecule has 4 rings (SSSR count). The number of nitrogens with one attached hydrogen (secondary N) is 1. The van der Waals surface area contributed by atoms with Crippen LogP contribution in [0.4, 0.5) is 0 Å². The van der Waals surface area contributed by atoms with Gasteiger partial charge >= 0.3 is 5.69 Å². The summed E-state index contributed by atoms with van der Waals surface area (Å²) in [5.41, 5.74) is 2.34. The van der Waals surface area contributed by atoms with Crippen LogP contribution >= 0.6 is 15.9 Å². The lowest BCUT2D eigenvalue weighted by atomic mass is 10.1. The molecule has 36 heavy (non-hydrogen) atoms. The van der Waals surface area contributed by atoms with Gasteiger partial charge in [-0.25, -0.2) is 4.79 Å². The van der Waals surface area contributed by atoms with E-state index in [1.165, 1.54) is 4.57 Å². The lowest BCUT2D eigenvalue weighted by Crippen LogP contribution is -2.40. The largest absolute Gasteiger partial charge is 0.385 e. The quantitative estimate of drug-likeness (QED) is 0.303. The predicted octanol–water partition coefficient (Wildman–Crippen LogP) is 3.98. The Kier molecular flexibility index (Phi) is 8.51. The summed E-state index contributed by atoms with van der Waals surface area (Å²) in [4.78, 5) is 39.0. The molecular weight excluding hydrogens is 522 g/mol. The van der Waals surface area contributed by atoms with Crippen LogP contribution in [-0.4, -0.2) is 35.3 Å². The summed E-state index contributed by atoms with van der Waals surface area (Å²) in [7, 11) is 1.62. The first-order chi connectivity index (χ1) is 17.5. The van der Waals surface area contributed by atoms with E-state index in [0.717, 1.165) is 22.0 Å². The zero-order valence-corrected chi connectivity index (χ0v) is 21.7. The van der Waals surface area contributed by atoms with Gasteiger partial charge in [-0.3, -0.25) is 18.7 Å². The molecule has 1 N–H and O–H groups in total. The van der Waals surface area contributed by atoms with Crippen molar-refractivity contribution in [3.8, 4) is 0 Å². The van der Waals surface area contributed by atoms with Gasteiger partial charge in [-0.2, -0.15) is 0 Å². The number of fused-ring (bicyclic) bond motifs is 1. The molecule has 1 amide bonds. The van der Waals surface area contributed by atoms with Crippen LogP contribution < -0.4 is 16.6 Å². The van der Waals surface area contributed by atoms with Gasteiger partial charge in [0.05, 0.1) is 17.4 Å². The van der Waals surface area contributed by atoms with Gasteiger partial charge in [0.15, 0.2) is 0 Å². The number of nitrogens with zero attached hydrogens (tertiary/aromatic N) is 2. The third-order valence-electron chi connectivity index (χ3n) is 6.04. The van der Waals surface area contributed by atoms with Crippen LogP contribution in [0.1, 0.15) is 27.9 Å². The van der Waals surface area contributed by atoms with E-state index in [9.17, 15) is 14.4 Å². The number of aryl methyl sites for hydroxylation is 2. The molecule has 0 saturated carbocycles. The molecule has 0 aliphatic rings. The lowest BCUT2D eigenvalue weighted by Gasteiger charge is -2.14. The molecule has 1 heterocycles. The van der Waals surface area contributed by atoms with Crippen molar-refractivity contribution in [1.29, 1.82) is 0 Å². The molecule has 7 nitrogen and oxygen atoms in total. The van der Waals surface area contributed by atoms with Crippen LogP contribution in [0.3, 0.4) is 0 Å². The minimum Gasteiger partial charge on any atom is -0.385 e. The Hall–Kier alpha value is -3.49. The average molecular weight is 550 g/mol. The molecule has 0 saturated heterocycles. The van der Waals surface area contributed by atoms with E-state index in [1.807, 2.05) is 36.4 Å². The van der Waals surface area contributed by atoms with Crippen LogP contribution in [0.25, 0.3) is 10.9 Å². The van der Waals surface area contributed by atoms with Crippen molar-refractivity contribution < 1.29 is 9.53 Å². The van der Waals surface area contributed by atoms with Gasteiger partial charge in [0, 0.05) is 36.8 Å². The highest BCUT2D eigenvalue weighted by atomic mass is 79.9. The molecular formula is C28H28BrN3O4. The summed E-state index contributed by atoms with van der Waals surface area (Å²) in [5.74, 6) is -0.171. The maximum Gasteiger partial charge on any atom is 0.331 e. The summed E-state index contributed by atoms with van der Waals surface area (Å²) in [6.07, 6.45) is 1.39. The maximum atomic E-state index is 13.5. The van der Waals surface area contributed by atoms with Crippen molar-refractivity contribution in [3.05, 3.63) is 115 Å². The molecule has 4 aromatic rings. The summed E-state index contributed by atoms with van der Waals surface area (Å²) < 4.78 is 8.92. The third-order valence-corrected chi connectivity index (χ3v) is 6.57. The SMILES string of the molecule is COCCCNC(=O)c1ccc(Cn2c(=O)c3ccccc3n(CCc3ccc(Br)cc3)c2=O)cc1. The van der Waals surface area contributed by atoms with Gasteiger partial charge < -0.3 is 10.1 Å².